The predicted octanol–water partition coefficient (Wildman–Crippen LogP) is 6.68. The second kappa shape index (κ2) is 13.6. The molecule has 10 nitrogen and oxygen atoms in total. The number of carbonyl (C=O) groups is 1. The second-order valence-electron chi connectivity index (χ2n) is 11.6. The Bertz CT molecular complexity index is 1470. The predicted molar refractivity (Wildman–Crippen MR) is 163 cm³/mol. The van der Waals surface area contributed by atoms with E-state index in [1.54, 1.807) is 19.1 Å². The van der Waals surface area contributed by atoms with Gasteiger partial charge in [0.05, 0.1) is 25.6 Å². The summed E-state index contributed by atoms with van der Waals surface area (Å²) in [5.41, 5.74) is 3.02. The van der Waals surface area contributed by atoms with Crippen LogP contribution >= 0.6 is 12.4 Å². The van der Waals surface area contributed by atoms with E-state index in [1.807, 2.05) is 51.1 Å². The molecule has 4 aromatic rings. The number of fused-ring (bicyclic) bond motifs is 2. The Morgan fingerprint density at radius 3 is 1.76 bits per heavy atom. The minimum Gasteiger partial charge on any atom is -0.493 e. The zero-order valence-electron chi connectivity index (χ0n) is 25.0. The van der Waals surface area contributed by atoms with E-state index in [0.717, 1.165) is 72.3 Å². The molecule has 2 aromatic carbocycles. The molecule has 228 valence electrons. The summed E-state index contributed by atoms with van der Waals surface area (Å²) < 4.78 is 27.0. The Morgan fingerprint density at radius 1 is 0.833 bits per heavy atom. The monoisotopic (exact) mass is 600 g/mol. The first-order valence-corrected chi connectivity index (χ1v) is 14.3. The van der Waals surface area contributed by atoms with Crippen LogP contribution in [-0.4, -0.2) is 67.3 Å². The zero-order valence-corrected chi connectivity index (χ0v) is 25.8. The molecular weight excluding hydrogens is 560 g/mol. The molecule has 11 heteroatoms. The van der Waals surface area contributed by atoms with Crippen LogP contribution in [0.3, 0.4) is 0 Å². The highest BCUT2D eigenvalue weighted by atomic mass is 35.5. The fourth-order valence-corrected chi connectivity index (χ4v) is 5.58. The highest BCUT2D eigenvalue weighted by Crippen LogP contribution is 2.36. The van der Waals surface area contributed by atoms with Gasteiger partial charge in [-0.05, 0) is 83.8 Å². The first-order chi connectivity index (χ1) is 19.8. The molecule has 1 amide bonds. The van der Waals surface area contributed by atoms with Gasteiger partial charge in [0.15, 0.2) is 11.5 Å². The molecule has 4 heterocycles. The van der Waals surface area contributed by atoms with E-state index in [1.165, 1.54) is 0 Å². The van der Waals surface area contributed by atoms with Gasteiger partial charge in [0.25, 0.3) is 0 Å². The van der Waals surface area contributed by atoms with Crippen LogP contribution in [0.5, 0.6) is 11.5 Å². The van der Waals surface area contributed by atoms with Crippen molar-refractivity contribution >= 4 is 40.4 Å². The maximum Gasteiger partial charge on any atom is 0.410 e. The highest BCUT2D eigenvalue weighted by Gasteiger charge is 2.30. The third kappa shape index (κ3) is 6.93. The molecule has 2 fully saturated rings. The molecule has 0 spiro atoms. The fraction of sp³-hybridized carbons (Fsp3) is 0.516. The van der Waals surface area contributed by atoms with Crippen LogP contribution in [0, 0.1) is 0 Å². The summed E-state index contributed by atoms with van der Waals surface area (Å²) in [7, 11) is 3.28. The largest absolute Gasteiger partial charge is 0.493 e. The second-order valence-corrected chi connectivity index (χ2v) is 11.6. The van der Waals surface area contributed by atoms with Gasteiger partial charge in [-0.25, -0.2) is 4.79 Å². The molecule has 2 saturated heterocycles. The molecule has 0 bridgehead atoms. The van der Waals surface area contributed by atoms with E-state index in [-0.39, 0.29) is 24.4 Å². The van der Waals surface area contributed by atoms with Gasteiger partial charge < -0.3 is 33.5 Å². The first kappa shape index (κ1) is 31.4. The molecule has 0 atom stereocenters. The quantitative estimate of drug-likeness (QED) is 0.274. The maximum absolute atomic E-state index is 12.2. The number of amides is 1. The van der Waals surface area contributed by atoms with Crippen LogP contribution in [0.2, 0.25) is 0 Å². The Morgan fingerprint density at radius 2 is 1.31 bits per heavy atom. The van der Waals surface area contributed by atoms with Crippen LogP contribution in [-0.2, 0) is 4.74 Å². The number of carbonyl (C=O) groups excluding carboxylic acids is 1. The fourth-order valence-electron chi connectivity index (χ4n) is 5.58. The minimum atomic E-state index is -0.465. The van der Waals surface area contributed by atoms with E-state index >= 15 is 0 Å². The van der Waals surface area contributed by atoms with Gasteiger partial charge in [-0.2, -0.15) is 0 Å². The lowest BCUT2D eigenvalue weighted by Gasteiger charge is -2.32. The van der Waals surface area contributed by atoms with Crippen molar-refractivity contribution < 1.29 is 28.1 Å². The summed E-state index contributed by atoms with van der Waals surface area (Å²) in [6.07, 6.45) is 3.70. The van der Waals surface area contributed by atoms with Crippen LogP contribution in [0.15, 0.2) is 45.4 Å². The number of piperidine rings is 2. The summed E-state index contributed by atoms with van der Waals surface area (Å²) in [5, 5.41) is 14.0. The number of methoxy groups -OCH3 is 2. The number of para-hydroxylation sites is 2. The third-order valence-electron chi connectivity index (χ3n) is 7.68. The number of aromatic nitrogens is 2. The number of nitrogens with one attached hydrogen (secondary N) is 1. The van der Waals surface area contributed by atoms with Crippen LogP contribution in [0.4, 0.5) is 4.79 Å². The average molecular weight is 601 g/mol. The van der Waals surface area contributed by atoms with E-state index in [4.69, 9.17) is 23.3 Å². The van der Waals surface area contributed by atoms with Gasteiger partial charge in [0.2, 0.25) is 11.2 Å². The number of rotatable bonds is 4. The van der Waals surface area contributed by atoms with Crippen LogP contribution in [0.1, 0.15) is 69.7 Å². The van der Waals surface area contributed by atoms with E-state index in [9.17, 15) is 4.79 Å². The van der Waals surface area contributed by atoms with Crippen molar-refractivity contribution in [2.45, 2.75) is 63.9 Å². The van der Waals surface area contributed by atoms with E-state index in [0.29, 0.717) is 30.3 Å². The summed E-state index contributed by atoms with van der Waals surface area (Å²) in [4.78, 5) is 13.9. The van der Waals surface area contributed by atoms with Crippen molar-refractivity contribution in [3.05, 3.63) is 47.8 Å². The molecule has 0 saturated carbocycles. The van der Waals surface area contributed by atoms with Crippen molar-refractivity contribution in [1.29, 1.82) is 0 Å². The smallest absolute Gasteiger partial charge is 0.410 e. The number of ether oxygens (including phenoxy) is 3. The van der Waals surface area contributed by atoms with Crippen molar-refractivity contribution in [3.63, 3.8) is 0 Å². The van der Waals surface area contributed by atoms with Gasteiger partial charge in [-0.1, -0.05) is 22.4 Å². The average Bonchev–Trinajstić information content (AvgIpc) is 3.62. The molecule has 0 aliphatic carbocycles. The lowest BCUT2D eigenvalue weighted by Crippen LogP contribution is -2.41. The van der Waals surface area contributed by atoms with Crippen molar-refractivity contribution in [2.24, 2.45) is 0 Å². The first-order valence-electron chi connectivity index (χ1n) is 14.3. The van der Waals surface area contributed by atoms with Crippen molar-refractivity contribution in [3.8, 4) is 11.5 Å². The normalized spacial score (nSPS) is 16.5. The van der Waals surface area contributed by atoms with Gasteiger partial charge in [-0.3, -0.25) is 0 Å². The maximum atomic E-state index is 12.2. The highest BCUT2D eigenvalue weighted by molar-refractivity contribution is 5.86. The topological polar surface area (TPSA) is 112 Å². The number of nitrogens with zero attached hydrogens (tertiary/aromatic N) is 3. The lowest BCUT2D eigenvalue weighted by atomic mass is 9.92. The Kier molecular flexibility index (Phi) is 10.2. The summed E-state index contributed by atoms with van der Waals surface area (Å²) in [5.74, 6) is 2.23. The molecule has 0 unspecified atom stereocenters. The Hall–Kier alpha value is -3.50. The molecule has 2 aromatic heterocycles. The third-order valence-corrected chi connectivity index (χ3v) is 7.68. The molecule has 42 heavy (non-hydrogen) atoms. The molecule has 6 rings (SSSR count). The lowest BCUT2D eigenvalue weighted by molar-refractivity contribution is 0.0204. The van der Waals surface area contributed by atoms with E-state index in [2.05, 4.69) is 21.7 Å². The Balaban J connectivity index is 0.000000198. The van der Waals surface area contributed by atoms with E-state index < -0.39 is 5.60 Å². The van der Waals surface area contributed by atoms with Crippen LogP contribution in [0.25, 0.3) is 21.9 Å². The summed E-state index contributed by atoms with van der Waals surface area (Å²) in [6, 6.07) is 11.8. The SMILES string of the molecule is COc1cccc2c(C3CCN(C(=O)OC(C)(C)C)CC3)noc12.COc1cccc2c(C3CCNCC3)noc12.Cl. The van der Waals surface area contributed by atoms with Gasteiger partial charge in [0.1, 0.15) is 5.60 Å². The molecule has 1 N–H and O–H groups in total. The standard InChI is InChI=1S/C18H24N2O4.C13H16N2O2.ClH/c1-18(2,3)23-17(21)20-10-8-12(9-11-20)15-13-6-5-7-14(22-4)16(13)24-19-15;1-16-11-4-2-3-10-12(15-17-13(10)11)9-5-7-14-8-6-9;/h5-7,12H,8-11H2,1-4H3;2-4,9,14H,5-8H2,1H3;1H. The number of benzene rings is 2. The Labute approximate surface area is 252 Å². The van der Waals surface area contributed by atoms with Gasteiger partial charge in [0, 0.05) is 35.7 Å². The van der Waals surface area contributed by atoms with Crippen LogP contribution < -0.4 is 14.8 Å². The van der Waals surface area contributed by atoms with Crippen molar-refractivity contribution in [2.75, 3.05) is 40.4 Å². The zero-order chi connectivity index (χ0) is 29.0. The summed E-state index contributed by atoms with van der Waals surface area (Å²) >= 11 is 0. The van der Waals surface area contributed by atoms with Crippen molar-refractivity contribution in [1.82, 2.24) is 20.5 Å². The summed E-state index contributed by atoms with van der Waals surface area (Å²) in [6.45, 7) is 9.09. The molecule has 2 aliphatic rings. The number of hydrogen-bond acceptors (Lipinski definition) is 9. The molecule has 2 aliphatic heterocycles. The van der Waals surface area contributed by atoms with Gasteiger partial charge >= 0.3 is 6.09 Å². The molecule has 0 radical (unpaired) electrons. The van der Waals surface area contributed by atoms with Gasteiger partial charge in [-0.15, -0.1) is 12.4 Å². The number of likely N-dealkylation sites (tertiary alicyclic amines) is 1. The minimum absolute atomic E-state index is 0. The number of halogens is 1. The molecular formula is C31H41ClN4O6. The number of hydrogen-bond donors (Lipinski definition) is 1.